The number of carbonyl (C=O) groups is 1. The lowest BCUT2D eigenvalue weighted by Crippen LogP contribution is -2.47. The SMILES string of the molecule is O=C(O)N1CCN(Cc2ccn(Cc3ccccc3F)c(=O)c2O)CC1. The lowest BCUT2D eigenvalue weighted by Gasteiger charge is -2.33. The third-order valence-corrected chi connectivity index (χ3v) is 4.56. The number of hydrogen-bond acceptors (Lipinski definition) is 4. The molecule has 0 spiro atoms. The van der Waals surface area contributed by atoms with Gasteiger partial charge in [0.2, 0.25) is 0 Å². The number of rotatable bonds is 4. The maximum Gasteiger partial charge on any atom is 0.407 e. The molecule has 1 saturated heterocycles. The highest BCUT2D eigenvalue weighted by molar-refractivity contribution is 5.65. The minimum absolute atomic E-state index is 0.0383. The monoisotopic (exact) mass is 361 g/mol. The quantitative estimate of drug-likeness (QED) is 0.863. The fourth-order valence-electron chi connectivity index (χ4n) is 3.00. The van der Waals surface area contributed by atoms with Gasteiger partial charge in [-0.15, -0.1) is 0 Å². The lowest BCUT2D eigenvalue weighted by atomic mass is 10.2. The van der Waals surface area contributed by atoms with E-state index in [4.69, 9.17) is 5.11 Å². The summed E-state index contributed by atoms with van der Waals surface area (Å²) in [5, 5.41) is 19.2. The molecule has 2 N–H and O–H groups in total. The molecule has 1 aliphatic heterocycles. The van der Waals surface area contributed by atoms with Gasteiger partial charge in [0.1, 0.15) is 5.82 Å². The molecule has 3 rings (SSSR count). The number of nitrogens with zero attached hydrogens (tertiary/aromatic N) is 3. The lowest BCUT2D eigenvalue weighted by molar-refractivity contribution is 0.102. The topological polar surface area (TPSA) is 86.0 Å². The van der Waals surface area contributed by atoms with E-state index < -0.39 is 17.5 Å². The summed E-state index contributed by atoms with van der Waals surface area (Å²) in [6.45, 7) is 2.24. The van der Waals surface area contributed by atoms with Crippen LogP contribution >= 0.6 is 0 Å². The molecule has 1 aromatic carbocycles. The third kappa shape index (κ3) is 3.85. The Morgan fingerprint density at radius 2 is 1.73 bits per heavy atom. The van der Waals surface area contributed by atoms with Crippen LogP contribution in [0.3, 0.4) is 0 Å². The summed E-state index contributed by atoms with van der Waals surface area (Å²) in [7, 11) is 0. The van der Waals surface area contributed by atoms with E-state index in [0.29, 0.717) is 43.9 Å². The van der Waals surface area contributed by atoms with Crippen molar-refractivity contribution in [1.82, 2.24) is 14.4 Å². The van der Waals surface area contributed by atoms with Crippen molar-refractivity contribution in [2.45, 2.75) is 13.1 Å². The van der Waals surface area contributed by atoms with Crippen molar-refractivity contribution in [3.8, 4) is 5.75 Å². The van der Waals surface area contributed by atoms with Crippen LogP contribution < -0.4 is 5.56 Å². The first-order valence-electron chi connectivity index (χ1n) is 8.30. The minimum Gasteiger partial charge on any atom is -0.503 e. The Bertz CT molecular complexity index is 860. The number of benzene rings is 1. The Morgan fingerprint density at radius 1 is 1.04 bits per heavy atom. The first-order valence-corrected chi connectivity index (χ1v) is 8.30. The van der Waals surface area contributed by atoms with E-state index in [1.807, 2.05) is 4.90 Å². The molecule has 8 heteroatoms. The normalized spacial score (nSPS) is 15.2. The van der Waals surface area contributed by atoms with Gasteiger partial charge in [0.15, 0.2) is 5.75 Å². The van der Waals surface area contributed by atoms with Crippen LogP contribution in [0, 0.1) is 5.82 Å². The molecule has 1 aliphatic rings. The van der Waals surface area contributed by atoms with Crippen LogP contribution in [0.1, 0.15) is 11.1 Å². The van der Waals surface area contributed by atoms with Crippen molar-refractivity contribution in [3.63, 3.8) is 0 Å². The molecule has 138 valence electrons. The Labute approximate surface area is 149 Å². The van der Waals surface area contributed by atoms with Gasteiger partial charge < -0.3 is 19.7 Å². The molecule has 1 aromatic heterocycles. The summed E-state index contributed by atoms with van der Waals surface area (Å²) >= 11 is 0. The van der Waals surface area contributed by atoms with Gasteiger partial charge in [-0.2, -0.15) is 0 Å². The summed E-state index contributed by atoms with van der Waals surface area (Å²) in [6.07, 6.45) is 0.598. The van der Waals surface area contributed by atoms with Crippen LogP contribution in [-0.4, -0.2) is 56.9 Å². The average Bonchev–Trinajstić information content (AvgIpc) is 2.63. The number of aromatic nitrogens is 1. The highest BCUT2D eigenvalue weighted by atomic mass is 19.1. The second-order valence-electron chi connectivity index (χ2n) is 6.26. The molecule has 1 amide bonds. The summed E-state index contributed by atoms with van der Waals surface area (Å²) in [6, 6.07) is 7.82. The van der Waals surface area contributed by atoms with Gasteiger partial charge >= 0.3 is 6.09 Å². The number of pyridine rings is 1. The van der Waals surface area contributed by atoms with Gasteiger partial charge in [-0.3, -0.25) is 9.69 Å². The van der Waals surface area contributed by atoms with E-state index in [-0.39, 0.29) is 12.3 Å². The molecule has 7 nitrogen and oxygen atoms in total. The summed E-state index contributed by atoms with van der Waals surface area (Å²) in [5.74, 6) is -0.760. The average molecular weight is 361 g/mol. The molecule has 0 aliphatic carbocycles. The third-order valence-electron chi connectivity index (χ3n) is 4.56. The largest absolute Gasteiger partial charge is 0.503 e. The molecular weight excluding hydrogens is 341 g/mol. The second-order valence-corrected chi connectivity index (χ2v) is 6.26. The standard InChI is InChI=1S/C18H20FN3O4/c19-15-4-2-1-3-13(15)12-22-6-5-14(16(23)17(22)24)11-20-7-9-21(10-8-20)18(25)26/h1-6,23H,7-12H2,(H,25,26). The second kappa shape index (κ2) is 7.57. The van der Waals surface area contributed by atoms with Crippen LogP contribution in [0.5, 0.6) is 5.75 Å². The van der Waals surface area contributed by atoms with Crippen molar-refractivity contribution < 1.29 is 19.4 Å². The Kier molecular flexibility index (Phi) is 5.22. The van der Waals surface area contributed by atoms with Crippen molar-refractivity contribution in [2.24, 2.45) is 0 Å². The predicted molar refractivity (Wildman–Crippen MR) is 92.7 cm³/mol. The van der Waals surface area contributed by atoms with Crippen LogP contribution in [0.4, 0.5) is 9.18 Å². The smallest absolute Gasteiger partial charge is 0.407 e. The van der Waals surface area contributed by atoms with Crippen LogP contribution in [0.15, 0.2) is 41.3 Å². The highest BCUT2D eigenvalue weighted by Crippen LogP contribution is 2.16. The molecule has 26 heavy (non-hydrogen) atoms. The number of hydrogen-bond donors (Lipinski definition) is 2. The molecule has 0 radical (unpaired) electrons. The molecular formula is C18H20FN3O4. The van der Waals surface area contributed by atoms with Crippen molar-refractivity contribution in [1.29, 1.82) is 0 Å². The van der Waals surface area contributed by atoms with Gasteiger partial charge in [-0.25, -0.2) is 9.18 Å². The fraction of sp³-hybridized carbons (Fsp3) is 0.333. The number of amides is 1. The van der Waals surface area contributed by atoms with E-state index in [9.17, 15) is 19.1 Å². The highest BCUT2D eigenvalue weighted by Gasteiger charge is 2.21. The zero-order valence-electron chi connectivity index (χ0n) is 14.1. The Balaban J connectivity index is 1.71. The first-order chi connectivity index (χ1) is 12.5. The van der Waals surface area contributed by atoms with Crippen molar-refractivity contribution in [3.05, 3.63) is 63.8 Å². The minimum atomic E-state index is -0.941. The number of aromatic hydroxyl groups is 1. The van der Waals surface area contributed by atoms with E-state index in [2.05, 4.69) is 0 Å². The first kappa shape index (κ1) is 17.9. The Morgan fingerprint density at radius 3 is 2.38 bits per heavy atom. The summed E-state index contributed by atoms with van der Waals surface area (Å²) in [4.78, 5) is 26.6. The molecule has 1 fully saturated rings. The summed E-state index contributed by atoms with van der Waals surface area (Å²) < 4.78 is 15.0. The molecule has 2 heterocycles. The van der Waals surface area contributed by atoms with Gasteiger partial charge in [0.25, 0.3) is 5.56 Å². The maximum atomic E-state index is 13.8. The molecule has 2 aromatic rings. The predicted octanol–water partition coefficient (Wildman–Crippen LogP) is 1.54. The zero-order valence-corrected chi connectivity index (χ0v) is 14.1. The van der Waals surface area contributed by atoms with Gasteiger partial charge in [0, 0.05) is 50.0 Å². The van der Waals surface area contributed by atoms with E-state index in [1.54, 1.807) is 24.3 Å². The Hall–Kier alpha value is -2.87. The van der Waals surface area contributed by atoms with Crippen LogP contribution in [0.2, 0.25) is 0 Å². The molecule has 0 saturated carbocycles. The summed E-state index contributed by atoms with van der Waals surface area (Å²) in [5.41, 5.74) is 0.269. The zero-order chi connectivity index (χ0) is 18.7. The van der Waals surface area contributed by atoms with Gasteiger partial charge in [-0.1, -0.05) is 18.2 Å². The van der Waals surface area contributed by atoms with Crippen LogP contribution in [0.25, 0.3) is 0 Å². The van der Waals surface area contributed by atoms with Crippen molar-refractivity contribution >= 4 is 6.09 Å². The molecule has 0 bridgehead atoms. The van der Waals surface area contributed by atoms with Crippen molar-refractivity contribution in [2.75, 3.05) is 26.2 Å². The molecule has 0 unspecified atom stereocenters. The number of halogens is 1. The fourth-order valence-corrected chi connectivity index (χ4v) is 3.00. The van der Waals surface area contributed by atoms with Gasteiger partial charge in [0.05, 0.1) is 6.54 Å². The number of carboxylic acid groups (broad SMARTS) is 1. The van der Waals surface area contributed by atoms with E-state index in [0.717, 1.165) is 0 Å². The van der Waals surface area contributed by atoms with E-state index in [1.165, 1.54) is 21.7 Å². The molecule has 0 atom stereocenters. The number of piperazine rings is 1. The van der Waals surface area contributed by atoms with E-state index >= 15 is 0 Å². The van der Waals surface area contributed by atoms with Gasteiger partial charge in [-0.05, 0) is 12.1 Å². The van der Waals surface area contributed by atoms with Crippen LogP contribution in [-0.2, 0) is 13.1 Å². The maximum absolute atomic E-state index is 13.8.